The van der Waals surface area contributed by atoms with Gasteiger partial charge in [-0.3, -0.25) is 9.80 Å². The number of likely N-dealkylation sites (N-methyl/N-ethyl adjacent to an activating group) is 2. The normalized spacial score (nSPS) is 46.8. The van der Waals surface area contributed by atoms with Gasteiger partial charge in [0.25, 0.3) is 0 Å². The molecule has 8 aliphatic rings. The van der Waals surface area contributed by atoms with Gasteiger partial charge in [0.05, 0.1) is 24.2 Å². The molecule has 4 aliphatic carbocycles. The lowest BCUT2D eigenvalue weighted by molar-refractivity contribution is -0.161. The molecule has 4 fully saturated rings. The van der Waals surface area contributed by atoms with Crippen LogP contribution in [0, 0.1) is 0 Å². The average molecular weight is 791 g/mol. The SMILES string of the molecule is CC1=C[C@H](N(C)[C@H]2C=C(C)[C@H]3OC(C)(C)O[C@H]3[C@@H]2O)[C@@H](O)[C@@H]2OC(C)(C)O[C@H]12.CC1=C[C@H](N(C)[C@H]2C=C(C)[C@H]3OC(C)(C)O[C@H]3[C@@H]2O)[C@@H](O)[C@@H]2OC(C)(C)O[C@H]12. The molecular formula is C42H66N2O12. The van der Waals surface area contributed by atoms with Gasteiger partial charge in [0.2, 0.25) is 0 Å². The molecule has 56 heavy (non-hydrogen) atoms. The van der Waals surface area contributed by atoms with Crippen molar-refractivity contribution in [2.24, 2.45) is 0 Å². The predicted molar refractivity (Wildman–Crippen MR) is 205 cm³/mol. The van der Waals surface area contributed by atoms with Gasteiger partial charge in [-0.05, 0) is 119 Å². The molecule has 4 aliphatic heterocycles. The number of fused-ring (bicyclic) bond motifs is 4. The van der Waals surface area contributed by atoms with Gasteiger partial charge in [-0.15, -0.1) is 0 Å². The topological polar surface area (TPSA) is 161 Å². The third-order valence-corrected chi connectivity index (χ3v) is 12.7. The van der Waals surface area contributed by atoms with Crippen LogP contribution in [0.5, 0.6) is 0 Å². The van der Waals surface area contributed by atoms with Gasteiger partial charge in [-0.2, -0.15) is 0 Å². The molecular weight excluding hydrogens is 724 g/mol. The number of hydrogen-bond acceptors (Lipinski definition) is 14. The van der Waals surface area contributed by atoms with E-state index in [-0.39, 0.29) is 48.6 Å². The number of aliphatic hydroxyl groups excluding tert-OH is 4. The van der Waals surface area contributed by atoms with E-state index in [1.807, 2.05) is 131 Å². The Hall–Kier alpha value is -1.60. The fourth-order valence-electron chi connectivity index (χ4n) is 10.0. The Morgan fingerprint density at radius 1 is 0.375 bits per heavy atom. The number of ether oxygens (including phenoxy) is 8. The van der Waals surface area contributed by atoms with Crippen molar-refractivity contribution in [1.29, 1.82) is 0 Å². The summed E-state index contributed by atoms with van der Waals surface area (Å²) >= 11 is 0. The number of nitrogens with zero attached hydrogens (tertiary/aromatic N) is 2. The van der Waals surface area contributed by atoms with Crippen LogP contribution in [0.1, 0.15) is 83.1 Å². The van der Waals surface area contributed by atoms with Crippen molar-refractivity contribution in [3.8, 4) is 0 Å². The van der Waals surface area contributed by atoms with Crippen LogP contribution in [0.2, 0.25) is 0 Å². The number of aliphatic hydroxyl groups is 4. The molecule has 4 heterocycles. The van der Waals surface area contributed by atoms with E-state index in [0.29, 0.717) is 0 Å². The second-order valence-electron chi connectivity index (χ2n) is 19.0. The second kappa shape index (κ2) is 14.5. The Bertz CT molecular complexity index is 1400. The first kappa shape index (κ1) is 42.5. The van der Waals surface area contributed by atoms with Crippen molar-refractivity contribution in [1.82, 2.24) is 9.80 Å². The highest BCUT2D eigenvalue weighted by Gasteiger charge is 2.56. The van der Waals surface area contributed by atoms with E-state index in [2.05, 4.69) is 0 Å². The van der Waals surface area contributed by atoms with E-state index >= 15 is 0 Å². The van der Waals surface area contributed by atoms with Crippen molar-refractivity contribution in [3.63, 3.8) is 0 Å². The minimum atomic E-state index is -0.767. The number of hydrogen-bond donors (Lipinski definition) is 4. The zero-order valence-electron chi connectivity index (χ0n) is 35.5. The molecule has 0 aromatic rings. The van der Waals surface area contributed by atoms with Gasteiger partial charge in [-0.1, -0.05) is 24.3 Å². The van der Waals surface area contributed by atoms with E-state index in [9.17, 15) is 20.4 Å². The van der Waals surface area contributed by atoms with Crippen LogP contribution < -0.4 is 0 Å². The Morgan fingerprint density at radius 3 is 0.732 bits per heavy atom. The molecule has 0 bridgehead atoms. The summed E-state index contributed by atoms with van der Waals surface area (Å²) in [4.78, 5) is 4.00. The average Bonchev–Trinajstić information content (AvgIpc) is 3.82. The summed E-state index contributed by atoms with van der Waals surface area (Å²) in [6.45, 7) is 22.9. The van der Waals surface area contributed by atoms with E-state index in [1.54, 1.807) is 0 Å². The molecule has 0 amide bonds. The summed E-state index contributed by atoms with van der Waals surface area (Å²) in [5, 5.41) is 44.3. The van der Waals surface area contributed by atoms with E-state index in [0.717, 1.165) is 22.3 Å². The van der Waals surface area contributed by atoms with Crippen LogP contribution >= 0.6 is 0 Å². The van der Waals surface area contributed by atoms with Crippen molar-refractivity contribution < 1.29 is 58.3 Å². The summed E-state index contributed by atoms with van der Waals surface area (Å²) in [7, 11) is 3.83. The Balaban J connectivity index is 0.000000172. The first-order valence-corrected chi connectivity index (χ1v) is 20.1. The first-order chi connectivity index (χ1) is 25.8. The van der Waals surface area contributed by atoms with Crippen LogP contribution in [0.15, 0.2) is 46.6 Å². The van der Waals surface area contributed by atoms with Crippen molar-refractivity contribution in [2.75, 3.05) is 14.1 Å². The molecule has 4 N–H and O–H groups in total. The van der Waals surface area contributed by atoms with Crippen LogP contribution in [0.3, 0.4) is 0 Å². The van der Waals surface area contributed by atoms with Gasteiger partial charge < -0.3 is 58.3 Å². The van der Waals surface area contributed by atoms with Crippen LogP contribution in [0.4, 0.5) is 0 Å². The minimum absolute atomic E-state index is 0.250. The molecule has 316 valence electrons. The van der Waals surface area contributed by atoms with Crippen LogP contribution in [0.25, 0.3) is 0 Å². The van der Waals surface area contributed by atoms with E-state index in [1.165, 1.54) is 0 Å². The van der Waals surface area contributed by atoms with Gasteiger partial charge in [0, 0.05) is 0 Å². The largest absolute Gasteiger partial charge is 0.388 e. The molecule has 0 unspecified atom stereocenters. The van der Waals surface area contributed by atoms with Crippen molar-refractivity contribution in [2.45, 2.75) is 204 Å². The lowest BCUT2D eigenvalue weighted by atomic mass is 9.84. The summed E-state index contributed by atoms with van der Waals surface area (Å²) in [6, 6.07) is -1.24. The highest BCUT2D eigenvalue weighted by atomic mass is 16.8. The zero-order valence-corrected chi connectivity index (χ0v) is 35.5. The fourth-order valence-corrected chi connectivity index (χ4v) is 10.0. The lowest BCUT2D eigenvalue weighted by Gasteiger charge is -2.44. The third-order valence-electron chi connectivity index (χ3n) is 12.7. The molecule has 0 saturated carbocycles. The third kappa shape index (κ3) is 7.66. The molecule has 0 aromatic heterocycles. The molecule has 16 atom stereocenters. The minimum Gasteiger partial charge on any atom is -0.388 e. The van der Waals surface area contributed by atoms with Crippen molar-refractivity contribution in [3.05, 3.63) is 46.6 Å². The Kier molecular flexibility index (Phi) is 11.0. The van der Waals surface area contributed by atoms with Gasteiger partial charge in [0.1, 0.15) is 73.2 Å². The summed E-state index contributed by atoms with van der Waals surface area (Å²) in [5.41, 5.74) is 4.12. The second-order valence-corrected chi connectivity index (χ2v) is 19.0. The molecule has 0 spiro atoms. The summed E-state index contributed by atoms with van der Waals surface area (Å²) in [6.07, 6.45) is 2.28. The smallest absolute Gasteiger partial charge is 0.164 e. The maximum absolute atomic E-state index is 11.1. The molecule has 4 saturated heterocycles. The van der Waals surface area contributed by atoms with Gasteiger partial charge >= 0.3 is 0 Å². The molecule has 8 rings (SSSR count). The lowest BCUT2D eigenvalue weighted by Crippen LogP contribution is -2.60. The van der Waals surface area contributed by atoms with Gasteiger partial charge in [-0.25, -0.2) is 0 Å². The zero-order chi connectivity index (χ0) is 41.2. The Labute approximate surface area is 332 Å². The highest BCUT2D eigenvalue weighted by Crippen LogP contribution is 2.44. The summed E-state index contributed by atoms with van der Waals surface area (Å²) < 4.78 is 47.8. The van der Waals surface area contributed by atoms with Crippen molar-refractivity contribution >= 4 is 0 Å². The standard InChI is InChI=1S/2C21H33NO6/c2*1-10-8-12(14(23)18-16(10)25-20(3,4)27-18)22(7)13-9-11(2)17-19(15(13)24)28-21(5,6)26-17/h2*8-9,12-19,23-24H,1-7H3/t2*12-,13-,14+,15+,16+,17+,18-,19-/m00/s1. The van der Waals surface area contributed by atoms with E-state index in [4.69, 9.17) is 37.9 Å². The van der Waals surface area contributed by atoms with Gasteiger partial charge in [0.15, 0.2) is 23.1 Å². The predicted octanol–water partition coefficient (Wildman–Crippen LogP) is 2.67. The molecule has 14 heteroatoms. The molecule has 14 nitrogen and oxygen atoms in total. The number of rotatable bonds is 4. The first-order valence-electron chi connectivity index (χ1n) is 20.1. The quantitative estimate of drug-likeness (QED) is 0.308. The maximum atomic E-state index is 11.1. The Morgan fingerprint density at radius 2 is 0.554 bits per heavy atom. The molecule has 0 radical (unpaired) electrons. The van der Waals surface area contributed by atoms with Crippen LogP contribution in [-0.2, 0) is 37.9 Å². The fraction of sp³-hybridized carbons (Fsp3) is 0.810. The van der Waals surface area contributed by atoms with E-state index < -0.39 is 72.0 Å². The maximum Gasteiger partial charge on any atom is 0.164 e. The highest BCUT2D eigenvalue weighted by molar-refractivity contribution is 5.28. The van der Waals surface area contributed by atoms with Crippen LogP contribution in [-0.4, -0.2) is 165 Å². The molecule has 0 aromatic carbocycles. The monoisotopic (exact) mass is 790 g/mol. The summed E-state index contributed by atoms with van der Waals surface area (Å²) in [5.74, 6) is -2.91.